The number of imide groups is 1. The van der Waals surface area contributed by atoms with Crippen molar-refractivity contribution in [3.8, 4) is 0 Å². The van der Waals surface area contributed by atoms with E-state index in [1.54, 1.807) is 18.2 Å². The smallest absolute Gasteiger partial charge is 0.269 e. The molecule has 2 aliphatic rings. The van der Waals surface area contributed by atoms with Gasteiger partial charge in [-0.3, -0.25) is 19.7 Å². The molecule has 108 valence electrons. The Hall–Kier alpha value is -3.02. The first-order chi connectivity index (χ1) is 10.6. The maximum Gasteiger partial charge on any atom is 0.277 e. The molecule has 0 saturated heterocycles. The summed E-state index contributed by atoms with van der Waals surface area (Å²) >= 11 is 0. The summed E-state index contributed by atoms with van der Waals surface area (Å²) in [6.45, 7) is 0. The molecule has 0 atom stereocenters. The van der Waals surface area contributed by atoms with Gasteiger partial charge in [0.25, 0.3) is 17.5 Å². The van der Waals surface area contributed by atoms with Crippen LogP contribution in [0.2, 0.25) is 0 Å². The van der Waals surface area contributed by atoms with E-state index in [1.165, 1.54) is 18.2 Å². The van der Waals surface area contributed by atoms with E-state index < -0.39 is 4.92 Å². The molecule has 0 saturated carbocycles. The number of aryl methyl sites for hydroxylation is 2. The molecular formula is C16H10N2O4. The second-order valence-corrected chi connectivity index (χ2v) is 5.33. The molecular weight excluding hydrogens is 284 g/mol. The molecule has 0 radical (unpaired) electrons. The summed E-state index contributed by atoms with van der Waals surface area (Å²) in [5.41, 5.74) is 2.43. The molecule has 0 bridgehead atoms. The minimum Gasteiger partial charge on any atom is -0.269 e. The number of amides is 2. The molecule has 1 aliphatic heterocycles. The molecule has 0 fully saturated rings. The third-order valence-electron chi connectivity index (χ3n) is 4.22. The molecule has 22 heavy (non-hydrogen) atoms. The van der Waals surface area contributed by atoms with Crippen molar-refractivity contribution in [2.24, 2.45) is 0 Å². The first-order valence-electron chi connectivity index (χ1n) is 6.86. The van der Waals surface area contributed by atoms with Crippen molar-refractivity contribution in [2.75, 3.05) is 4.90 Å². The van der Waals surface area contributed by atoms with E-state index in [9.17, 15) is 19.7 Å². The number of nitrogens with zero attached hydrogens (tertiary/aromatic N) is 2. The van der Waals surface area contributed by atoms with E-state index in [0.29, 0.717) is 17.5 Å². The predicted molar refractivity (Wildman–Crippen MR) is 79.6 cm³/mol. The van der Waals surface area contributed by atoms with Crippen molar-refractivity contribution < 1.29 is 14.5 Å². The van der Waals surface area contributed by atoms with Gasteiger partial charge in [-0.25, -0.2) is 4.90 Å². The maximum atomic E-state index is 11.9. The highest BCUT2D eigenvalue weighted by molar-refractivity contribution is 6.29. The molecule has 1 aliphatic carbocycles. The average Bonchev–Trinajstić information content (AvgIpc) is 3.06. The minimum absolute atomic E-state index is 0.0469. The van der Waals surface area contributed by atoms with E-state index in [4.69, 9.17) is 0 Å². The first-order valence-corrected chi connectivity index (χ1v) is 6.86. The standard InChI is InChI=1S/C16H10N2O4/c19-14-7-8-15(20)17(14)12-6-4-11-13(18(21)22)5-2-9-1-3-10(12)16(9)11/h2,4-8H,1,3H2. The van der Waals surface area contributed by atoms with Gasteiger partial charge in [-0.1, -0.05) is 6.07 Å². The summed E-state index contributed by atoms with van der Waals surface area (Å²) in [4.78, 5) is 35.7. The van der Waals surface area contributed by atoms with Crippen LogP contribution < -0.4 is 4.90 Å². The Morgan fingerprint density at radius 1 is 1.00 bits per heavy atom. The third kappa shape index (κ3) is 1.54. The molecule has 0 aromatic heterocycles. The number of hydrogen-bond acceptors (Lipinski definition) is 4. The number of nitro groups is 1. The van der Waals surface area contributed by atoms with Gasteiger partial charge in [0.2, 0.25) is 0 Å². The zero-order chi connectivity index (χ0) is 15.4. The summed E-state index contributed by atoms with van der Waals surface area (Å²) in [6, 6.07) is 6.52. The van der Waals surface area contributed by atoms with Gasteiger partial charge in [0, 0.05) is 18.2 Å². The van der Waals surface area contributed by atoms with Gasteiger partial charge < -0.3 is 0 Å². The maximum absolute atomic E-state index is 11.9. The number of hydrogen-bond donors (Lipinski definition) is 0. The number of carbonyl (C=O) groups excluding carboxylic acids is 2. The molecule has 0 spiro atoms. The Bertz CT molecular complexity index is 896. The summed E-state index contributed by atoms with van der Waals surface area (Å²) in [7, 11) is 0. The van der Waals surface area contributed by atoms with Crippen LogP contribution in [0.4, 0.5) is 11.4 Å². The largest absolute Gasteiger partial charge is 0.277 e. The van der Waals surface area contributed by atoms with Crippen molar-refractivity contribution in [3.63, 3.8) is 0 Å². The van der Waals surface area contributed by atoms with Crippen LogP contribution in [0.3, 0.4) is 0 Å². The lowest BCUT2D eigenvalue weighted by molar-refractivity contribution is -0.383. The second kappa shape index (κ2) is 4.24. The Balaban J connectivity index is 2.01. The molecule has 4 rings (SSSR count). The van der Waals surface area contributed by atoms with Crippen molar-refractivity contribution in [2.45, 2.75) is 12.8 Å². The molecule has 6 heteroatoms. The molecule has 6 nitrogen and oxygen atoms in total. The molecule has 2 aromatic carbocycles. The van der Waals surface area contributed by atoms with E-state index in [1.807, 2.05) is 0 Å². The van der Waals surface area contributed by atoms with Crippen LogP contribution in [-0.4, -0.2) is 16.7 Å². The van der Waals surface area contributed by atoms with Gasteiger partial charge in [-0.05, 0) is 41.5 Å². The fraction of sp³-hybridized carbons (Fsp3) is 0.125. The van der Waals surface area contributed by atoms with E-state index in [-0.39, 0.29) is 17.5 Å². The SMILES string of the molecule is O=C1C=CC(=O)N1c1ccc2c([N+](=O)[O-])ccc3c2c1CC3. The second-order valence-electron chi connectivity index (χ2n) is 5.33. The summed E-state index contributed by atoms with van der Waals surface area (Å²) in [6.07, 6.45) is 3.90. The highest BCUT2D eigenvalue weighted by Crippen LogP contribution is 2.41. The monoisotopic (exact) mass is 294 g/mol. The molecule has 2 aromatic rings. The zero-order valence-corrected chi connectivity index (χ0v) is 11.4. The number of benzene rings is 2. The highest BCUT2D eigenvalue weighted by atomic mass is 16.6. The Morgan fingerprint density at radius 2 is 1.73 bits per heavy atom. The summed E-state index contributed by atoms with van der Waals surface area (Å²) < 4.78 is 0. The number of nitro benzene ring substituents is 1. The lowest BCUT2D eigenvalue weighted by Gasteiger charge is -2.17. The number of carbonyl (C=O) groups is 2. The fourth-order valence-corrected chi connectivity index (χ4v) is 3.30. The van der Waals surface area contributed by atoms with Gasteiger partial charge in [0.1, 0.15) is 0 Å². The minimum atomic E-state index is -0.408. The molecule has 1 heterocycles. The molecule has 0 N–H and O–H groups in total. The van der Waals surface area contributed by atoms with Gasteiger partial charge in [0.15, 0.2) is 0 Å². The fourth-order valence-electron chi connectivity index (χ4n) is 3.30. The Labute approximate surface area is 124 Å². The lowest BCUT2D eigenvalue weighted by atomic mass is 10.0. The van der Waals surface area contributed by atoms with Crippen LogP contribution in [-0.2, 0) is 22.4 Å². The predicted octanol–water partition coefficient (Wildman–Crippen LogP) is 2.28. The van der Waals surface area contributed by atoms with Crippen LogP contribution in [0.25, 0.3) is 10.8 Å². The Kier molecular flexibility index (Phi) is 2.45. The van der Waals surface area contributed by atoms with Crippen molar-refractivity contribution in [1.82, 2.24) is 0 Å². The van der Waals surface area contributed by atoms with Crippen LogP contribution in [0.15, 0.2) is 36.4 Å². The number of non-ortho nitro benzene ring substituents is 1. The van der Waals surface area contributed by atoms with Crippen molar-refractivity contribution >= 4 is 34.0 Å². The van der Waals surface area contributed by atoms with Crippen molar-refractivity contribution in [3.05, 3.63) is 57.7 Å². The quantitative estimate of drug-likeness (QED) is 0.483. The number of rotatable bonds is 2. The van der Waals surface area contributed by atoms with Gasteiger partial charge in [-0.2, -0.15) is 0 Å². The lowest BCUT2D eigenvalue weighted by Crippen LogP contribution is -2.30. The molecule has 2 amide bonds. The zero-order valence-electron chi connectivity index (χ0n) is 11.4. The normalized spacial score (nSPS) is 16.1. The van der Waals surface area contributed by atoms with E-state index in [0.717, 1.165) is 27.8 Å². The van der Waals surface area contributed by atoms with Crippen molar-refractivity contribution in [1.29, 1.82) is 0 Å². The summed E-state index contributed by atoms with van der Waals surface area (Å²) in [5.74, 6) is -0.751. The number of anilines is 1. The van der Waals surface area contributed by atoms with E-state index in [2.05, 4.69) is 0 Å². The molecule has 0 unspecified atom stereocenters. The summed E-state index contributed by atoms with van der Waals surface area (Å²) in [5, 5.41) is 12.5. The Morgan fingerprint density at radius 3 is 2.41 bits per heavy atom. The average molecular weight is 294 g/mol. The van der Waals surface area contributed by atoms with Crippen LogP contribution in [0.5, 0.6) is 0 Å². The topological polar surface area (TPSA) is 80.5 Å². The van der Waals surface area contributed by atoms with Crippen LogP contribution >= 0.6 is 0 Å². The first kappa shape index (κ1) is 12.7. The third-order valence-corrected chi connectivity index (χ3v) is 4.22. The van der Waals surface area contributed by atoms with Gasteiger partial charge in [0.05, 0.1) is 16.0 Å². The van der Waals surface area contributed by atoms with E-state index >= 15 is 0 Å². The van der Waals surface area contributed by atoms with Gasteiger partial charge in [-0.15, -0.1) is 0 Å². The van der Waals surface area contributed by atoms with Crippen LogP contribution in [0.1, 0.15) is 11.1 Å². The van der Waals surface area contributed by atoms with Gasteiger partial charge >= 0.3 is 0 Å². The van der Waals surface area contributed by atoms with Crippen LogP contribution in [0, 0.1) is 10.1 Å². The highest BCUT2D eigenvalue weighted by Gasteiger charge is 2.31.